The Morgan fingerprint density at radius 1 is 1.30 bits per heavy atom. The number of hydrogen-bond donors (Lipinski definition) is 2. The van der Waals surface area contributed by atoms with Crippen molar-refractivity contribution < 1.29 is 4.92 Å². The largest absolute Gasteiger partial charge is 0.378 e. The third-order valence-corrected chi connectivity index (χ3v) is 3.67. The number of benzene rings is 1. The maximum Gasteiger partial charge on any atom is 0.353 e. The Hall–Kier alpha value is -2.90. The molecule has 0 aliphatic carbocycles. The van der Waals surface area contributed by atoms with E-state index in [1.54, 1.807) is 11.9 Å². The van der Waals surface area contributed by atoms with E-state index < -0.39 is 4.92 Å². The molecule has 1 heterocycles. The quantitative estimate of drug-likeness (QED) is 0.644. The van der Waals surface area contributed by atoms with Crippen molar-refractivity contribution in [2.45, 2.75) is 20.8 Å². The third-order valence-electron chi connectivity index (χ3n) is 3.67. The molecule has 0 unspecified atom stereocenters. The van der Waals surface area contributed by atoms with Crippen LogP contribution >= 0.6 is 0 Å². The zero-order valence-corrected chi connectivity index (χ0v) is 13.6. The van der Waals surface area contributed by atoms with Crippen molar-refractivity contribution in [2.24, 2.45) is 0 Å². The number of hydrogen-bond acceptors (Lipinski definition) is 7. The van der Waals surface area contributed by atoms with E-state index in [4.69, 9.17) is 5.73 Å². The summed E-state index contributed by atoms with van der Waals surface area (Å²) in [6, 6.07) is 5.68. The third kappa shape index (κ3) is 3.47. The number of nitrogens with zero attached hydrogens (tertiary/aromatic N) is 4. The maximum atomic E-state index is 11.3. The first-order valence-electron chi connectivity index (χ1n) is 7.20. The lowest BCUT2D eigenvalue weighted by Gasteiger charge is -2.16. The van der Waals surface area contributed by atoms with E-state index in [2.05, 4.69) is 15.3 Å². The van der Waals surface area contributed by atoms with E-state index in [0.29, 0.717) is 18.2 Å². The van der Waals surface area contributed by atoms with E-state index in [9.17, 15) is 10.1 Å². The summed E-state index contributed by atoms with van der Waals surface area (Å²) in [6.45, 7) is 6.55. The maximum absolute atomic E-state index is 11.3. The summed E-state index contributed by atoms with van der Waals surface area (Å²) in [4.78, 5) is 20.7. The molecule has 8 nitrogen and oxygen atoms in total. The van der Waals surface area contributed by atoms with Crippen LogP contribution in [0.1, 0.15) is 18.1 Å². The summed E-state index contributed by atoms with van der Waals surface area (Å²) < 4.78 is 0. The van der Waals surface area contributed by atoms with Gasteiger partial charge >= 0.3 is 5.69 Å². The van der Waals surface area contributed by atoms with E-state index in [-0.39, 0.29) is 17.3 Å². The van der Waals surface area contributed by atoms with Crippen molar-refractivity contribution in [1.82, 2.24) is 9.97 Å². The first kappa shape index (κ1) is 16.5. The van der Waals surface area contributed by atoms with Gasteiger partial charge in [-0.15, -0.1) is 0 Å². The number of nitrogens with two attached hydrogens (primary N) is 1. The average molecular weight is 316 g/mol. The molecule has 0 amide bonds. The summed E-state index contributed by atoms with van der Waals surface area (Å²) in [5.74, 6) is 0.259. The van der Waals surface area contributed by atoms with Crippen molar-refractivity contribution in [2.75, 3.05) is 29.5 Å². The van der Waals surface area contributed by atoms with Crippen LogP contribution in [0.25, 0.3) is 0 Å². The fraction of sp³-hybridized carbons (Fsp3) is 0.333. The average Bonchev–Trinajstić information content (AvgIpc) is 2.49. The normalized spacial score (nSPS) is 10.4. The summed E-state index contributed by atoms with van der Waals surface area (Å²) in [5, 5.41) is 14.3. The van der Waals surface area contributed by atoms with Crippen LogP contribution in [0.4, 0.5) is 29.0 Å². The van der Waals surface area contributed by atoms with Crippen molar-refractivity contribution in [3.8, 4) is 0 Å². The lowest BCUT2D eigenvalue weighted by molar-refractivity contribution is -0.383. The lowest BCUT2D eigenvalue weighted by Crippen LogP contribution is -2.20. The molecule has 1 aromatic heterocycles. The van der Waals surface area contributed by atoms with Gasteiger partial charge in [0, 0.05) is 19.3 Å². The molecular weight excluding hydrogens is 296 g/mol. The highest BCUT2D eigenvalue weighted by molar-refractivity contribution is 5.74. The Balaban J connectivity index is 2.51. The standard InChI is InChI=1S/C15H20N6O2/c1-5-20(4)15-18-13(16)12(21(22)23)14(19-15)17-11-7-6-9(2)10(3)8-11/h6-8H,5H2,1-4H3,(H3,16,17,18,19). The fourth-order valence-electron chi connectivity index (χ4n) is 2.00. The lowest BCUT2D eigenvalue weighted by atomic mass is 10.1. The van der Waals surface area contributed by atoms with Crippen LogP contribution in [0.5, 0.6) is 0 Å². The van der Waals surface area contributed by atoms with E-state index in [1.165, 1.54) is 0 Å². The van der Waals surface area contributed by atoms with Gasteiger partial charge in [-0.1, -0.05) is 6.07 Å². The second-order valence-electron chi connectivity index (χ2n) is 5.30. The Morgan fingerprint density at radius 2 is 2.00 bits per heavy atom. The molecule has 0 aliphatic heterocycles. The summed E-state index contributed by atoms with van der Waals surface area (Å²) in [5.41, 5.74) is 8.36. The predicted molar refractivity (Wildman–Crippen MR) is 91.2 cm³/mol. The van der Waals surface area contributed by atoms with Gasteiger partial charge in [-0.3, -0.25) is 10.1 Å². The number of aryl methyl sites for hydroxylation is 2. The van der Waals surface area contributed by atoms with Gasteiger partial charge in [0.2, 0.25) is 17.6 Å². The van der Waals surface area contributed by atoms with Gasteiger partial charge in [-0.2, -0.15) is 9.97 Å². The number of rotatable bonds is 5. The number of nitro groups is 1. The second-order valence-corrected chi connectivity index (χ2v) is 5.30. The van der Waals surface area contributed by atoms with Crippen LogP contribution in [-0.2, 0) is 0 Å². The molecule has 0 spiro atoms. The van der Waals surface area contributed by atoms with Crippen molar-refractivity contribution in [1.29, 1.82) is 0 Å². The van der Waals surface area contributed by atoms with Crippen molar-refractivity contribution in [3.05, 3.63) is 39.4 Å². The number of nitrogen functional groups attached to an aromatic ring is 1. The summed E-state index contributed by atoms with van der Waals surface area (Å²) in [6.07, 6.45) is 0. The molecule has 0 bridgehead atoms. The Labute approximate surface area is 134 Å². The molecule has 0 saturated carbocycles. The molecule has 23 heavy (non-hydrogen) atoms. The van der Waals surface area contributed by atoms with Gasteiger partial charge in [0.05, 0.1) is 4.92 Å². The predicted octanol–water partition coefficient (Wildman–Crippen LogP) is 2.78. The fourth-order valence-corrected chi connectivity index (χ4v) is 2.00. The van der Waals surface area contributed by atoms with Crippen LogP contribution in [0.2, 0.25) is 0 Å². The Kier molecular flexibility index (Phi) is 4.63. The smallest absolute Gasteiger partial charge is 0.353 e. The topological polar surface area (TPSA) is 110 Å². The molecule has 0 fully saturated rings. The molecule has 0 saturated heterocycles. The first-order chi connectivity index (χ1) is 10.8. The minimum Gasteiger partial charge on any atom is -0.378 e. The van der Waals surface area contributed by atoms with Crippen LogP contribution in [0, 0.1) is 24.0 Å². The minimum absolute atomic E-state index is 0.0843. The van der Waals surface area contributed by atoms with Gasteiger partial charge in [-0.25, -0.2) is 0 Å². The molecule has 1 aromatic carbocycles. The van der Waals surface area contributed by atoms with Gasteiger partial charge in [0.15, 0.2) is 0 Å². The monoisotopic (exact) mass is 316 g/mol. The zero-order valence-electron chi connectivity index (χ0n) is 13.6. The molecule has 0 atom stereocenters. The second kappa shape index (κ2) is 6.47. The molecule has 122 valence electrons. The summed E-state index contributed by atoms with van der Waals surface area (Å²) in [7, 11) is 1.79. The molecule has 8 heteroatoms. The number of anilines is 4. The van der Waals surface area contributed by atoms with Crippen LogP contribution in [0.3, 0.4) is 0 Å². The van der Waals surface area contributed by atoms with Gasteiger partial charge in [0.25, 0.3) is 0 Å². The molecule has 3 N–H and O–H groups in total. The minimum atomic E-state index is -0.575. The number of nitrogens with one attached hydrogen (secondary N) is 1. The van der Waals surface area contributed by atoms with Gasteiger partial charge in [0.1, 0.15) is 0 Å². The highest BCUT2D eigenvalue weighted by atomic mass is 16.6. The van der Waals surface area contributed by atoms with Crippen LogP contribution in [-0.4, -0.2) is 28.5 Å². The van der Waals surface area contributed by atoms with Crippen molar-refractivity contribution >= 4 is 29.0 Å². The molecule has 2 aromatic rings. The molecular formula is C15H20N6O2. The van der Waals surface area contributed by atoms with Gasteiger partial charge < -0.3 is 16.0 Å². The highest BCUT2D eigenvalue weighted by Crippen LogP contribution is 2.32. The Morgan fingerprint density at radius 3 is 2.57 bits per heavy atom. The highest BCUT2D eigenvalue weighted by Gasteiger charge is 2.24. The van der Waals surface area contributed by atoms with E-state index in [0.717, 1.165) is 11.1 Å². The van der Waals surface area contributed by atoms with Crippen molar-refractivity contribution in [3.63, 3.8) is 0 Å². The molecule has 0 radical (unpaired) electrons. The Bertz CT molecular complexity index is 747. The number of aromatic nitrogens is 2. The van der Waals surface area contributed by atoms with Crippen LogP contribution in [0.15, 0.2) is 18.2 Å². The van der Waals surface area contributed by atoms with E-state index >= 15 is 0 Å². The first-order valence-corrected chi connectivity index (χ1v) is 7.20. The SMILES string of the molecule is CCN(C)c1nc(N)c([N+](=O)[O-])c(Nc2ccc(C)c(C)c2)n1. The zero-order chi connectivity index (χ0) is 17.1. The summed E-state index contributed by atoms with van der Waals surface area (Å²) >= 11 is 0. The molecule has 2 rings (SSSR count). The van der Waals surface area contributed by atoms with Gasteiger partial charge in [-0.05, 0) is 44.0 Å². The van der Waals surface area contributed by atoms with E-state index in [1.807, 2.05) is 39.0 Å². The molecule has 0 aliphatic rings. The van der Waals surface area contributed by atoms with Crippen LogP contribution < -0.4 is 16.0 Å².